The number of benzene rings is 2. The number of hydrogen-bond donors (Lipinski definition) is 1. The summed E-state index contributed by atoms with van der Waals surface area (Å²) in [6.07, 6.45) is 0.724. The van der Waals surface area contributed by atoms with Gasteiger partial charge < -0.3 is 14.8 Å². The lowest BCUT2D eigenvalue weighted by atomic mass is 10.3. The van der Waals surface area contributed by atoms with Gasteiger partial charge in [0, 0.05) is 30.2 Å². The van der Waals surface area contributed by atoms with Crippen molar-refractivity contribution in [1.82, 2.24) is 4.31 Å². The minimum absolute atomic E-state index is 0.0357. The number of nitrogens with one attached hydrogen (secondary N) is 1. The van der Waals surface area contributed by atoms with E-state index in [0.717, 1.165) is 10.7 Å². The number of carbonyl (C=O) groups excluding carboxylic acids is 1. The van der Waals surface area contributed by atoms with E-state index in [1.807, 2.05) is 0 Å². The van der Waals surface area contributed by atoms with Crippen LogP contribution in [0.2, 0.25) is 5.02 Å². The van der Waals surface area contributed by atoms with Gasteiger partial charge in [-0.25, -0.2) is 8.42 Å². The highest BCUT2D eigenvalue weighted by Crippen LogP contribution is 2.32. The first-order valence-corrected chi connectivity index (χ1v) is 10.1. The summed E-state index contributed by atoms with van der Waals surface area (Å²) >= 11 is 5.80. The fourth-order valence-electron chi connectivity index (χ4n) is 2.50. The Balaban J connectivity index is 1.71. The number of likely N-dealkylation sites (N-methyl/N-ethyl adjacent to an activating group) is 1. The Bertz CT molecular complexity index is 931. The van der Waals surface area contributed by atoms with Gasteiger partial charge in [0.15, 0.2) is 11.5 Å². The minimum Gasteiger partial charge on any atom is -0.490 e. The van der Waals surface area contributed by atoms with Gasteiger partial charge in [-0.05, 0) is 36.4 Å². The van der Waals surface area contributed by atoms with Gasteiger partial charge in [0.1, 0.15) is 0 Å². The molecule has 0 saturated heterocycles. The second-order valence-corrected chi connectivity index (χ2v) is 8.46. The molecule has 27 heavy (non-hydrogen) atoms. The van der Waals surface area contributed by atoms with Gasteiger partial charge in [-0.3, -0.25) is 4.79 Å². The van der Waals surface area contributed by atoms with Crippen LogP contribution in [0.15, 0.2) is 47.4 Å². The van der Waals surface area contributed by atoms with E-state index in [2.05, 4.69) is 5.32 Å². The van der Waals surface area contributed by atoms with Gasteiger partial charge >= 0.3 is 0 Å². The maximum absolute atomic E-state index is 12.8. The number of hydrogen-bond acceptors (Lipinski definition) is 5. The van der Waals surface area contributed by atoms with Crippen molar-refractivity contribution in [2.45, 2.75) is 11.3 Å². The lowest BCUT2D eigenvalue weighted by Gasteiger charge is -2.18. The van der Waals surface area contributed by atoms with Gasteiger partial charge in [0.2, 0.25) is 15.9 Å². The highest BCUT2D eigenvalue weighted by Gasteiger charge is 2.25. The van der Waals surface area contributed by atoms with Crippen molar-refractivity contribution in [3.8, 4) is 11.5 Å². The molecule has 0 aliphatic carbocycles. The molecule has 7 nitrogen and oxygen atoms in total. The quantitative estimate of drug-likeness (QED) is 0.819. The summed E-state index contributed by atoms with van der Waals surface area (Å²) in [5, 5.41) is 3.18. The van der Waals surface area contributed by atoms with Crippen molar-refractivity contribution < 1.29 is 22.7 Å². The average Bonchev–Trinajstić information content (AvgIpc) is 2.88. The van der Waals surface area contributed by atoms with Crippen molar-refractivity contribution in [2.24, 2.45) is 0 Å². The summed E-state index contributed by atoms with van der Waals surface area (Å²) < 4.78 is 37.6. The Hall–Kier alpha value is -2.29. The number of ether oxygens (including phenoxy) is 2. The number of rotatable bonds is 5. The molecule has 0 aromatic heterocycles. The lowest BCUT2D eigenvalue weighted by Crippen LogP contribution is -2.35. The van der Waals surface area contributed by atoms with Crippen LogP contribution in [-0.4, -0.2) is 45.4 Å². The Morgan fingerprint density at radius 1 is 1.11 bits per heavy atom. The Morgan fingerprint density at radius 3 is 2.48 bits per heavy atom. The van der Waals surface area contributed by atoms with Gasteiger partial charge in [-0.1, -0.05) is 11.6 Å². The Labute approximate surface area is 162 Å². The smallest absolute Gasteiger partial charge is 0.243 e. The van der Waals surface area contributed by atoms with E-state index >= 15 is 0 Å². The van der Waals surface area contributed by atoms with E-state index in [1.165, 1.54) is 19.2 Å². The fourth-order valence-corrected chi connectivity index (χ4v) is 3.77. The van der Waals surface area contributed by atoms with E-state index in [-0.39, 0.29) is 11.4 Å². The van der Waals surface area contributed by atoms with Gasteiger partial charge in [-0.2, -0.15) is 4.31 Å². The molecular weight excluding hydrogens is 392 g/mol. The molecule has 144 valence electrons. The van der Waals surface area contributed by atoms with Crippen molar-refractivity contribution in [3.63, 3.8) is 0 Å². The van der Waals surface area contributed by atoms with Crippen LogP contribution in [0, 0.1) is 0 Å². The molecule has 1 amide bonds. The molecule has 0 spiro atoms. The molecule has 0 bridgehead atoms. The number of amides is 1. The predicted molar refractivity (Wildman–Crippen MR) is 102 cm³/mol. The van der Waals surface area contributed by atoms with E-state index in [9.17, 15) is 13.2 Å². The van der Waals surface area contributed by atoms with Crippen LogP contribution in [0.3, 0.4) is 0 Å². The molecule has 3 rings (SSSR count). The van der Waals surface area contributed by atoms with Crippen LogP contribution < -0.4 is 14.8 Å². The number of anilines is 1. The van der Waals surface area contributed by atoms with Crippen LogP contribution in [0.1, 0.15) is 6.42 Å². The standard InChI is InChI=1S/C18H19ClN2O5S/c1-21(12-18(22)20-14-5-3-13(19)4-6-14)27(23,24)15-7-8-16-17(11-15)26-10-2-9-25-16/h3-8,11H,2,9-10,12H2,1H3,(H,20,22). The molecular formula is C18H19ClN2O5S. The molecule has 0 unspecified atom stereocenters. The van der Waals surface area contributed by atoms with Crippen molar-refractivity contribution in [3.05, 3.63) is 47.5 Å². The average molecular weight is 411 g/mol. The normalized spacial score (nSPS) is 13.9. The second kappa shape index (κ2) is 8.16. The van der Waals surface area contributed by atoms with Crippen LogP contribution in [0.5, 0.6) is 11.5 Å². The minimum atomic E-state index is -3.86. The largest absolute Gasteiger partial charge is 0.490 e. The summed E-state index contributed by atoms with van der Waals surface area (Å²) in [6, 6.07) is 11.0. The number of halogens is 1. The van der Waals surface area contributed by atoms with Crippen LogP contribution in [0.4, 0.5) is 5.69 Å². The molecule has 0 saturated carbocycles. The van der Waals surface area contributed by atoms with Crippen molar-refractivity contribution in [1.29, 1.82) is 0 Å². The molecule has 2 aromatic carbocycles. The van der Waals surface area contributed by atoms with Gasteiger partial charge in [0.25, 0.3) is 0 Å². The topological polar surface area (TPSA) is 84.9 Å². The third kappa shape index (κ3) is 4.71. The first-order chi connectivity index (χ1) is 12.9. The van der Waals surface area contributed by atoms with Crippen molar-refractivity contribution >= 4 is 33.2 Å². The van der Waals surface area contributed by atoms with Gasteiger partial charge in [0.05, 0.1) is 24.7 Å². The van der Waals surface area contributed by atoms with Crippen LogP contribution >= 0.6 is 11.6 Å². The third-order valence-corrected chi connectivity index (χ3v) is 5.97. The molecule has 1 heterocycles. The molecule has 1 aliphatic heterocycles. The zero-order valence-corrected chi connectivity index (χ0v) is 16.2. The summed E-state index contributed by atoms with van der Waals surface area (Å²) in [6.45, 7) is 0.638. The molecule has 0 atom stereocenters. The van der Waals surface area contributed by atoms with E-state index in [0.29, 0.717) is 35.4 Å². The number of carbonyl (C=O) groups is 1. The SMILES string of the molecule is CN(CC(=O)Nc1ccc(Cl)cc1)S(=O)(=O)c1ccc2c(c1)OCCCO2. The highest BCUT2D eigenvalue weighted by molar-refractivity contribution is 7.89. The van der Waals surface area contributed by atoms with Crippen LogP contribution in [-0.2, 0) is 14.8 Å². The monoisotopic (exact) mass is 410 g/mol. The third-order valence-electron chi connectivity index (χ3n) is 3.92. The molecule has 0 fully saturated rings. The second-order valence-electron chi connectivity index (χ2n) is 5.98. The molecule has 1 aliphatic rings. The number of nitrogens with zero attached hydrogens (tertiary/aromatic N) is 1. The highest BCUT2D eigenvalue weighted by atomic mass is 35.5. The lowest BCUT2D eigenvalue weighted by molar-refractivity contribution is -0.116. The summed E-state index contributed by atoms with van der Waals surface area (Å²) in [4.78, 5) is 12.2. The predicted octanol–water partition coefficient (Wildman–Crippen LogP) is 2.76. The number of fused-ring (bicyclic) bond motifs is 1. The fraction of sp³-hybridized carbons (Fsp3) is 0.278. The van der Waals surface area contributed by atoms with Crippen LogP contribution in [0.25, 0.3) is 0 Å². The van der Waals surface area contributed by atoms with Gasteiger partial charge in [-0.15, -0.1) is 0 Å². The molecule has 1 N–H and O–H groups in total. The Kier molecular flexibility index (Phi) is 5.88. The van der Waals surface area contributed by atoms with Crippen molar-refractivity contribution in [2.75, 3.05) is 32.1 Å². The summed E-state index contributed by atoms with van der Waals surface area (Å²) in [5.41, 5.74) is 0.533. The Morgan fingerprint density at radius 2 is 1.78 bits per heavy atom. The first kappa shape index (κ1) is 19.5. The molecule has 0 radical (unpaired) electrons. The maximum Gasteiger partial charge on any atom is 0.243 e. The molecule has 2 aromatic rings. The maximum atomic E-state index is 12.8. The van der Waals surface area contributed by atoms with E-state index in [4.69, 9.17) is 21.1 Å². The van der Waals surface area contributed by atoms with E-state index < -0.39 is 15.9 Å². The molecule has 9 heteroatoms. The first-order valence-electron chi connectivity index (χ1n) is 8.28. The number of sulfonamides is 1. The summed E-state index contributed by atoms with van der Waals surface area (Å²) in [5.74, 6) is 0.430. The zero-order valence-electron chi connectivity index (χ0n) is 14.6. The van der Waals surface area contributed by atoms with E-state index in [1.54, 1.807) is 30.3 Å². The zero-order chi connectivity index (χ0) is 19.4. The summed E-state index contributed by atoms with van der Waals surface area (Å²) in [7, 11) is -2.52.